The number of hydrogen-bond acceptors (Lipinski definition) is 5. The molecule has 0 aliphatic carbocycles. The van der Waals surface area contributed by atoms with Crippen molar-refractivity contribution in [3.63, 3.8) is 0 Å². The van der Waals surface area contributed by atoms with Crippen LogP contribution in [0.1, 0.15) is 26.3 Å². The van der Waals surface area contributed by atoms with E-state index in [4.69, 9.17) is 9.47 Å². The summed E-state index contributed by atoms with van der Waals surface area (Å²) in [5, 5.41) is 9.50. The third-order valence-corrected chi connectivity index (χ3v) is 5.18. The minimum Gasteiger partial charge on any atom is -0.479 e. The van der Waals surface area contributed by atoms with Gasteiger partial charge in [-0.2, -0.15) is 0 Å². The summed E-state index contributed by atoms with van der Waals surface area (Å²) in [4.78, 5) is 38.6. The lowest BCUT2D eigenvalue weighted by molar-refractivity contribution is -0.167. The second-order valence-corrected chi connectivity index (χ2v) is 8.62. The van der Waals surface area contributed by atoms with Crippen molar-refractivity contribution >= 4 is 18.2 Å². The zero-order valence-electron chi connectivity index (χ0n) is 16.7. The summed E-state index contributed by atoms with van der Waals surface area (Å²) < 4.78 is 25.9. The van der Waals surface area contributed by atoms with Crippen LogP contribution < -0.4 is 0 Å². The highest BCUT2D eigenvalue weighted by atomic mass is 19.1. The van der Waals surface area contributed by atoms with Crippen LogP contribution in [0.15, 0.2) is 30.3 Å². The van der Waals surface area contributed by atoms with E-state index >= 15 is 4.39 Å². The van der Waals surface area contributed by atoms with Crippen LogP contribution in [0.25, 0.3) is 0 Å². The molecule has 1 aromatic carbocycles. The van der Waals surface area contributed by atoms with Crippen LogP contribution in [0.3, 0.4) is 0 Å². The average Bonchev–Trinajstić information content (AvgIpc) is 2.93. The van der Waals surface area contributed by atoms with Gasteiger partial charge >= 0.3 is 18.2 Å². The van der Waals surface area contributed by atoms with Crippen molar-refractivity contribution in [3.8, 4) is 0 Å². The molecule has 1 atom stereocenters. The molecule has 9 heteroatoms. The Balaban J connectivity index is 1.66. The van der Waals surface area contributed by atoms with Gasteiger partial charge in [0.25, 0.3) is 0 Å². The molecule has 2 aliphatic heterocycles. The summed E-state index contributed by atoms with van der Waals surface area (Å²) in [6, 6.07) is 8.97. The van der Waals surface area contributed by atoms with Crippen LogP contribution in [0.4, 0.5) is 14.0 Å². The Morgan fingerprint density at radius 3 is 2.10 bits per heavy atom. The quantitative estimate of drug-likeness (QED) is 0.826. The van der Waals surface area contributed by atoms with Crippen molar-refractivity contribution in [1.82, 2.24) is 9.80 Å². The van der Waals surface area contributed by atoms with E-state index < -0.39 is 41.4 Å². The van der Waals surface area contributed by atoms with Crippen LogP contribution in [-0.4, -0.2) is 70.5 Å². The Morgan fingerprint density at radius 2 is 1.59 bits per heavy atom. The number of aliphatic carboxylic acids is 1. The van der Waals surface area contributed by atoms with E-state index in [0.29, 0.717) is 0 Å². The number of carbonyl (C=O) groups excluding carboxylic acids is 2. The molecule has 3 rings (SSSR count). The molecule has 1 spiro atoms. The largest absolute Gasteiger partial charge is 0.479 e. The van der Waals surface area contributed by atoms with Crippen molar-refractivity contribution < 1.29 is 33.4 Å². The second kappa shape index (κ2) is 7.20. The van der Waals surface area contributed by atoms with Crippen LogP contribution in [0, 0.1) is 5.41 Å². The van der Waals surface area contributed by atoms with Gasteiger partial charge in [-0.1, -0.05) is 30.3 Å². The van der Waals surface area contributed by atoms with Gasteiger partial charge in [0.2, 0.25) is 5.67 Å². The fraction of sp³-hybridized carbons (Fsp3) is 0.550. The number of alkyl halides is 1. The van der Waals surface area contributed by atoms with Crippen LogP contribution in [0.2, 0.25) is 0 Å². The second-order valence-electron chi connectivity index (χ2n) is 8.62. The smallest absolute Gasteiger partial charge is 0.410 e. The van der Waals surface area contributed by atoms with Gasteiger partial charge in [-0.25, -0.2) is 18.8 Å². The molecule has 0 radical (unpaired) electrons. The van der Waals surface area contributed by atoms with E-state index in [-0.39, 0.29) is 26.2 Å². The van der Waals surface area contributed by atoms with Crippen molar-refractivity contribution in [2.75, 3.05) is 26.2 Å². The lowest BCUT2D eigenvalue weighted by Crippen LogP contribution is -2.69. The Labute approximate surface area is 168 Å². The van der Waals surface area contributed by atoms with E-state index in [0.717, 1.165) is 10.5 Å². The highest BCUT2D eigenvalue weighted by molar-refractivity contribution is 5.83. The first-order chi connectivity index (χ1) is 13.5. The van der Waals surface area contributed by atoms with E-state index in [1.165, 1.54) is 4.90 Å². The Bertz CT molecular complexity index is 803. The first-order valence-corrected chi connectivity index (χ1v) is 9.32. The summed E-state index contributed by atoms with van der Waals surface area (Å²) in [7, 11) is 0. The molecule has 1 N–H and O–H groups in total. The van der Waals surface area contributed by atoms with Crippen molar-refractivity contribution in [2.24, 2.45) is 5.41 Å². The van der Waals surface area contributed by atoms with E-state index in [1.807, 2.05) is 6.07 Å². The first kappa shape index (κ1) is 20.9. The molecule has 0 saturated carbocycles. The van der Waals surface area contributed by atoms with Gasteiger partial charge in [-0.3, -0.25) is 0 Å². The highest BCUT2D eigenvalue weighted by Crippen LogP contribution is 2.49. The minimum atomic E-state index is -2.67. The number of carboxylic acid groups (broad SMARTS) is 1. The SMILES string of the molecule is CC(C)(C)OC(=O)N1CC2(CN(C(=O)OCc3ccccc3)C[C@]2(F)C(=O)O)C1. The van der Waals surface area contributed by atoms with Crippen molar-refractivity contribution in [1.29, 1.82) is 0 Å². The number of carbonyl (C=O) groups is 3. The molecule has 0 unspecified atom stereocenters. The summed E-state index contributed by atoms with van der Waals surface area (Å²) in [6.45, 7) is 4.05. The molecule has 8 nitrogen and oxygen atoms in total. The minimum absolute atomic E-state index is 0.000432. The van der Waals surface area contributed by atoms with Gasteiger partial charge in [-0.15, -0.1) is 0 Å². The zero-order valence-corrected chi connectivity index (χ0v) is 16.7. The summed E-state index contributed by atoms with van der Waals surface area (Å²) in [5.74, 6) is -1.65. The third kappa shape index (κ3) is 3.99. The topological polar surface area (TPSA) is 96.4 Å². The van der Waals surface area contributed by atoms with Gasteiger partial charge in [0.05, 0.1) is 12.0 Å². The van der Waals surface area contributed by atoms with E-state index in [9.17, 15) is 19.5 Å². The number of ether oxygens (including phenoxy) is 2. The summed E-state index contributed by atoms with van der Waals surface area (Å²) >= 11 is 0. The molecule has 2 heterocycles. The van der Waals surface area contributed by atoms with Crippen LogP contribution >= 0.6 is 0 Å². The molecule has 2 amide bonds. The normalized spacial score (nSPS) is 22.9. The standard InChI is InChI=1S/C20H25FN2O6/c1-18(2,3)29-17(27)22-10-19(11-22)12-23(13-20(19,21)15(24)25)16(26)28-9-14-7-5-4-6-8-14/h4-8H,9-13H2,1-3H3,(H,24,25)/t20-/m0/s1. The lowest BCUT2D eigenvalue weighted by atomic mass is 9.69. The number of amides is 2. The fourth-order valence-electron chi connectivity index (χ4n) is 3.70. The maximum Gasteiger partial charge on any atom is 0.410 e. The molecule has 0 aromatic heterocycles. The van der Waals surface area contributed by atoms with Crippen molar-refractivity contribution in [2.45, 2.75) is 38.6 Å². The number of halogens is 1. The Kier molecular flexibility index (Phi) is 5.19. The maximum absolute atomic E-state index is 15.5. The predicted molar refractivity (Wildman–Crippen MR) is 99.9 cm³/mol. The molecule has 2 fully saturated rings. The van der Waals surface area contributed by atoms with E-state index in [2.05, 4.69) is 0 Å². The molecular formula is C20H25FN2O6. The molecule has 0 bridgehead atoms. The van der Waals surface area contributed by atoms with Gasteiger partial charge in [0.15, 0.2) is 0 Å². The average molecular weight is 408 g/mol. The van der Waals surface area contributed by atoms with Crippen LogP contribution in [-0.2, 0) is 20.9 Å². The zero-order chi connectivity index (χ0) is 21.4. The Morgan fingerprint density at radius 1 is 1.03 bits per heavy atom. The predicted octanol–water partition coefficient (Wildman–Crippen LogP) is 2.67. The van der Waals surface area contributed by atoms with Gasteiger partial charge in [-0.05, 0) is 26.3 Å². The number of benzene rings is 1. The number of nitrogens with zero attached hydrogens (tertiary/aromatic N) is 2. The number of hydrogen-bond donors (Lipinski definition) is 1. The number of rotatable bonds is 3. The molecule has 1 aromatic rings. The number of likely N-dealkylation sites (tertiary alicyclic amines) is 2. The molecular weight excluding hydrogens is 383 g/mol. The van der Waals surface area contributed by atoms with Gasteiger partial charge in [0.1, 0.15) is 12.2 Å². The first-order valence-electron chi connectivity index (χ1n) is 9.32. The molecule has 29 heavy (non-hydrogen) atoms. The molecule has 158 valence electrons. The monoisotopic (exact) mass is 408 g/mol. The third-order valence-electron chi connectivity index (χ3n) is 5.18. The number of carboxylic acids is 1. The fourth-order valence-corrected chi connectivity index (χ4v) is 3.70. The summed E-state index contributed by atoms with van der Waals surface area (Å²) in [5.41, 5.74) is -4.01. The Hall–Kier alpha value is -2.84. The maximum atomic E-state index is 15.5. The van der Waals surface area contributed by atoms with Crippen molar-refractivity contribution in [3.05, 3.63) is 35.9 Å². The van der Waals surface area contributed by atoms with Crippen LogP contribution in [0.5, 0.6) is 0 Å². The lowest BCUT2D eigenvalue weighted by Gasteiger charge is -2.50. The summed E-state index contributed by atoms with van der Waals surface area (Å²) in [6.07, 6.45) is -1.43. The van der Waals surface area contributed by atoms with Gasteiger partial charge in [0, 0.05) is 19.6 Å². The molecule has 2 saturated heterocycles. The highest BCUT2D eigenvalue weighted by Gasteiger charge is 2.70. The van der Waals surface area contributed by atoms with Gasteiger partial charge < -0.3 is 24.4 Å². The van der Waals surface area contributed by atoms with E-state index in [1.54, 1.807) is 45.0 Å². The molecule has 2 aliphatic rings.